The van der Waals surface area contributed by atoms with Crippen molar-refractivity contribution < 1.29 is 18.8 Å². The monoisotopic (exact) mass is 378 g/mol. The maximum absolute atomic E-state index is 14.5. The predicted octanol–water partition coefficient (Wildman–Crippen LogP) is 5.87. The molecule has 0 atom stereocenters. The molecule has 0 aromatic heterocycles. The van der Waals surface area contributed by atoms with Crippen LogP contribution >= 0.6 is 7.14 Å². The average molecular weight is 378 g/mol. The lowest BCUT2D eigenvalue weighted by atomic mass is 9.99. The van der Waals surface area contributed by atoms with Crippen molar-refractivity contribution in [1.29, 1.82) is 0 Å². The van der Waals surface area contributed by atoms with E-state index in [1.165, 1.54) is 12.8 Å². The van der Waals surface area contributed by atoms with Crippen molar-refractivity contribution in [1.82, 2.24) is 0 Å². The molecule has 0 amide bonds. The van der Waals surface area contributed by atoms with Crippen LogP contribution in [0.3, 0.4) is 0 Å². The molecule has 0 saturated heterocycles. The third kappa shape index (κ3) is 3.58. The minimum absolute atomic E-state index is 0.0291. The molecule has 0 N–H and O–H groups in total. The Bertz CT molecular complexity index is 628. The number of hydrogen-bond acceptors (Lipinski definition) is 4. The normalized spacial score (nSPS) is 19.9. The van der Waals surface area contributed by atoms with E-state index < -0.39 is 7.14 Å². The van der Waals surface area contributed by atoms with E-state index >= 15 is 0 Å². The Morgan fingerprint density at radius 2 is 1.27 bits per heavy atom. The van der Waals surface area contributed by atoms with Crippen LogP contribution in [0.5, 0.6) is 11.5 Å². The van der Waals surface area contributed by atoms with Gasteiger partial charge in [-0.15, -0.1) is 0 Å². The molecule has 4 nitrogen and oxygen atoms in total. The van der Waals surface area contributed by atoms with Crippen LogP contribution in [0.15, 0.2) is 18.2 Å². The maximum Gasteiger partial charge on any atom is 0.229 e. The zero-order valence-electron chi connectivity index (χ0n) is 16.0. The van der Waals surface area contributed by atoms with Crippen LogP contribution in [-0.2, 0) is 4.57 Å². The number of ether oxygens (including phenoxy) is 2. The van der Waals surface area contributed by atoms with Gasteiger partial charge in [-0.25, -0.2) is 0 Å². The van der Waals surface area contributed by atoms with Crippen LogP contribution in [0.25, 0.3) is 0 Å². The summed E-state index contributed by atoms with van der Waals surface area (Å²) in [6.45, 7) is 0. The topological polar surface area (TPSA) is 52.6 Å². The Morgan fingerprint density at radius 3 is 1.65 bits per heavy atom. The molecule has 0 bridgehead atoms. The molecule has 26 heavy (non-hydrogen) atoms. The van der Waals surface area contributed by atoms with Crippen molar-refractivity contribution in [2.75, 3.05) is 14.2 Å². The lowest BCUT2D eigenvalue weighted by molar-refractivity contribution is 0.106. The van der Waals surface area contributed by atoms with Gasteiger partial charge in [-0.3, -0.25) is 4.79 Å². The molecule has 1 aromatic rings. The van der Waals surface area contributed by atoms with E-state index in [2.05, 4.69) is 0 Å². The smallest absolute Gasteiger partial charge is 0.229 e. The molecule has 2 fully saturated rings. The van der Waals surface area contributed by atoms with Crippen LogP contribution < -0.4 is 9.47 Å². The molecule has 2 aliphatic carbocycles. The van der Waals surface area contributed by atoms with E-state index in [9.17, 15) is 9.36 Å². The molecule has 5 heteroatoms. The van der Waals surface area contributed by atoms with Crippen LogP contribution in [-0.4, -0.2) is 31.1 Å². The van der Waals surface area contributed by atoms with Crippen molar-refractivity contribution in [3.05, 3.63) is 23.8 Å². The van der Waals surface area contributed by atoms with E-state index in [4.69, 9.17) is 9.47 Å². The van der Waals surface area contributed by atoms with E-state index in [0.29, 0.717) is 17.1 Å². The number of rotatable bonds is 6. The van der Waals surface area contributed by atoms with E-state index in [0.717, 1.165) is 51.4 Å². The molecule has 2 saturated carbocycles. The molecule has 2 aliphatic rings. The van der Waals surface area contributed by atoms with E-state index in [-0.39, 0.29) is 16.8 Å². The molecular weight excluding hydrogens is 347 g/mol. The summed E-state index contributed by atoms with van der Waals surface area (Å²) in [5.41, 5.74) is 0.241. The largest absolute Gasteiger partial charge is 0.496 e. The van der Waals surface area contributed by atoms with Gasteiger partial charge in [-0.05, 0) is 37.8 Å². The first-order valence-electron chi connectivity index (χ1n) is 9.98. The summed E-state index contributed by atoms with van der Waals surface area (Å²) < 4.78 is 25.4. The minimum atomic E-state index is -3.06. The van der Waals surface area contributed by atoms with Crippen molar-refractivity contribution >= 4 is 12.7 Å². The summed E-state index contributed by atoms with van der Waals surface area (Å²) in [5, 5.41) is 0. The fraction of sp³-hybridized carbons (Fsp3) is 0.667. The van der Waals surface area contributed by atoms with Crippen molar-refractivity contribution in [3.8, 4) is 11.5 Å². The highest BCUT2D eigenvalue weighted by Crippen LogP contribution is 2.65. The van der Waals surface area contributed by atoms with Gasteiger partial charge >= 0.3 is 0 Å². The maximum atomic E-state index is 14.5. The highest BCUT2D eigenvalue weighted by atomic mass is 31.2. The van der Waals surface area contributed by atoms with Gasteiger partial charge in [0.05, 0.1) is 14.2 Å². The van der Waals surface area contributed by atoms with Crippen LogP contribution in [0, 0.1) is 0 Å². The summed E-state index contributed by atoms with van der Waals surface area (Å²) in [7, 11) is 0.0443. The molecule has 0 spiro atoms. The molecule has 1 aromatic carbocycles. The second-order valence-electron chi connectivity index (χ2n) is 7.64. The Hall–Kier alpha value is -1.28. The molecule has 3 rings (SSSR count). The standard InChI is InChI=1S/C21H31O4P/c1-24-18-14-9-15-19(25-2)20(18)21(22)26(23,16-10-5-3-6-11-16)17-12-7-4-8-13-17/h9,14-17H,3-8,10-13H2,1-2H3. The first-order valence-corrected chi connectivity index (χ1v) is 11.8. The molecule has 144 valence electrons. The zero-order chi connectivity index (χ0) is 18.6. The highest BCUT2D eigenvalue weighted by molar-refractivity contribution is 7.82. The quantitative estimate of drug-likeness (QED) is 0.581. The number of carbonyl (C=O) groups excluding carboxylic acids is 1. The summed E-state index contributed by atoms with van der Waals surface area (Å²) >= 11 is 0. The molecular formula is C21H31O4P. The minimum Gasteiger partial charge on any atom is -0.496 e. The summed E-state index contributed by atoms with van der Waals surface area (Å²) in [6, 6.07) is 5.34. The van der Waals surface area contributed by atoms with Gasteiger partial charge in [0, 0.05) is 11.3 Å². The third-order valence-corrected chi connectivity index (χ3v) is 10.3. The Balaban J connectivity index is 2.07. The number of carbonyl (C=O) groups is 1. The summed E-state index contributed by atoms with van der Waals surface area (Å²) in [4.78, 5) is 13.8. The second kappa shape index (κ2) is 8.61. The Labute approximate surface area is 157 Å². The van der Waals surface area contributed by atoms with Crippen LogP contribution in [0.4, 0.5) is 0 Å². The van der Waals surface area contributed by atoms with E-state index in [1.54, 1.807) is 32.4 Å². The molecule has 0 aliphatic heterocycles. The van der Waals surface area contributed by atoms with Crippen LogP contribution in [0.2, 0.25) is 0 Å². The average Bonchev–Trinajstić information content (AvgIpc) is 2.73. The van der Waals surface area contributed by atoms with Crippen molar-refractivity contribution in [2.45, 2.75) is 75.5 Å². The lowest BCUT2D eigenvalue weighted by Gasteiger charge is -2.37. The van der Waals surface area contributed by atoms with Crippen molar-refractivity contribution in [3.63, 3.8) is 0 Å². The third-order valence-electron chi connectivity index (χ3n) is 6.19. The summed E-state index contributed by atoms with van der Waals surface area (Å²) in [5.74, 6) is 0.947. The van der Waals surface area contributed by atoms with Gasteiger partial charge in [0.1, 0.15) is 17.1 Å². The Kier molecular flexibility index (Phi) is 6.45. The first-order chi connectivity index (χ1) is 12.6. The highest BCUT2D eigenvalue weighted by Gasteiger charge is 2.48. The molecule has 0 unspecified atom stereocenters. The van der Waals surface area contributed by atoms with Crippen LogP contribution in [0.1, 0.15) is 74.6 Å². The van der Waals surface area contributed by atoms with Gasteiger partial charge in [-0.1, -0.05) is 44.6 Å². The number of hydrogen-bond donors (Lipinski definition) is 0. The Morgan fingerprint density at radius 1 is 0.846 bits per heavy atom. The van der Waals surface area contributed by atoms with Crippen molar-refractivity contribution in [2.24, 2.45) is 0 Å². The van der Waals surface area contributed by atoms with Gasteiger partial charge in [0.2, 0.25) is 5.52 Å². The number of methoxy groups -OCH3 is 2. The van der Waals surface area contributed by atoms with E-state index in [1.807, 2.05) is 0 Å². The second-order valence-corrected chi connectivity index (χ2v) is 10.9. The lowest BCUT2D eigenvalue weighted by Crippen LogP contribution is -2.28. The molecule has 0 radical (unpaired) electrons. The zero-order valence-corrected chi connectivity index (χ0v) is 16.9. The van der Waals surface area contributed by atoms with Gasteiger partial charge in [-0.2, -0.15) is 0 Å². The molecule has 0 heterocycles. The number of benzene rings is 1. The first kappa shape index (κ1) is 19.5. The SMILES string of the molecule is COc1cccc(OC)c1C(=O)P(=O)(C1CCCCC1)C1CCCCC1. The predicted molar refractivity (Wildman–Crippen MR) is 105 cm³/mol. The fourth-order valence-electron chi connectivity index (χ4n) is 4.80. The van der Waals surface area contributed by atoms with Gasteiger partial charge in [0.25, 0.3) is 0 Å². The fourth-order valence-corrected chi connectivity index (χ4v) is 8.89. The van der Waals surface area contributed by atoms with Gasteiger partial charge in [0.15, 0.2) is 7.14 Å². The van der Waals surface area contributed by atoms with Gasteiger partial charge < -0.3 is 14.0 Å². The summed E-state index contributed by atoms with van der Waals surface area (Å²) in [6.07, 6.45) is 10.4.